The minimum atomic E-state index is -0.226. The van der Waals surface area contributed by atoms with Crippen LogP contribution in [0.4, 0.5) is 15.8 Å². The lowest BCUT2D eigenvalue weighted by Gasteiger charge is -2.37. The monoisotopic (exact) mass is 411 g/mol. The van der Waals surface area contributed by atoms with Crippen molar-refractivity contribution in [2.45, 2.75) is 45.4 Å². The van der Waals surface area contributed by atoms with Crippen LogP contribution in [0, 0.1) is 5.82 Å². The molecular weight excluding hydrogens is 381 g/mol. The second-order valence-electron chi connectivity index (χ2n) is 8.50. The van der Waals surface area contributed by atoms with Crippen molar-refractivity contribution in [2.75, 3.05) is 36.4 Å². The smallest absolute Gasteiger partial charge is 0.238 e. The van der Waals surface area contributed by atoms with Crippen molar-refractivity contribution in [3.05, 3.63) is 59.4 Å². The van der Waals surface area contributed by atoms with Crippen LogP contribution in [-0.2, 0) is 16.0 Å². The summed E-state index contributed by atoms with van der Waals surface area (Å²) in [7, 11) is 0. The van der Waals surface area contributed by atoms with Crippen molar-refractivity contribution < 1.29 is 13.9 Å². The van der Waals surface area contributed by atoms with Gasteiger partial charge in [-0.2, -0.15) is 0 Å². The third-order valence-electron chi connectivity index (χ3n) is 6.06. The number of nitrogens with zero attached hydrogens (tertiary/aromatic N) is 2. The van der Waals surface area contributed by atoms with Crippen molar-refractivity contribution >= 4 is 17.3 Å². The number of nitrogens with one attached hydrogen (secondary N) is 1. The summed E-state index contributed by atoms with van der Waals surface area (Å²) >= 11 is 0. The first-order valence-corrected chi connectivity index (χ1v) is 10.7. The van der Waals surface area contributed by atoms with E-state index in [2.05, 4.69) is 29.0 Å². The molecule has 1 amide bonds. The Morgan fingerprint density at radius 1 is 1.10 bits per heavy atom. The summed E-state index contributed by atoms with van der Waals surface area (Å²) in [5.41, 5.74) is 4.07. The van der Waals surface area contributed by atoms with Crippen LogP contribution in [0.15, 0.2) is 42.5 Å². The highest BCUT2D eigenvalue weighted by Gasteiger charge is 2.26. The highest BCUT2D eigenvalue weighted by atomic mass is 19.1. The Kier molecular flexibility index (Phi) is 6.06. The molecule has 160 valence electrons. The maximum Gasteiger partial charge on any atom is 0.238 e. The molecule has 3 atom stereocenters. The van der Waals surface area contributed by atoms with E-state index in [1.165, 1.54) is 11.6 Å². The highest BCUT2D eigenvalue weighted by Crippen LogP contribution is 2.30. The number of amides is 1. The lowest BCUT2D eigenvalue weighted by atomic mass is 9.93. The number of hydrogen-bond acceptors (Lipinski definition) is 4. The highest BCUT2D eigenvalue weighted by molar-refractivity contribution is 5.92. The Morgan fingerprint density at radius 3 is 2.50 bits per heavy atom. The Morgan fingerprint density at radius 2 is 1.80 bits per heavy atom. The summed E-state index contributed by atoms with van der Waals surface area (Å²) in [5.74, 6) is -0.279. The van der Waals surface area contributed by atoms with Gasteiger partial charge in [0.05, 0.1) is 18.8 Å². The zero-order valence-corrected chi connectivity index (χ0v) is 17.9. The van der Waals surface area contributed by atoms with Gasteiger partial charge in [-0.3, -0.25) is 9.69 Å². The molecule has 0 saturated carbocycles. The van der Waals surface area contributed by atoms with E-state index in [0.29, 0.717) is 0 Å². The van der Waals surface area contributed by atoms with E-state index >= 15 is 0 Å². The van der Waals surface area contributed by atoms with Crippen LogP contribution in [0.5, 0.6) is 0 Å². The van der Waals surface area contributed by atoms with Gasteiger partial charge in [-0.1, -0.05) is 6.07 Å². The van der Waals surface area contributed by atoms with E-state index in [0.717, 1.165) is 43.0 Å². The van der Waals surface area contributed by atoms with Crippen molar-refractivity contribution in [1.82, 2.24) is 4.90 Å². The van der Waals surface area contributed by atoms with E-state index in [4.69, 9.17) is 4.74 Å². The minimum absolute atomic E-state index is 0.0166. The van der Waals surface area contributed by atoms with Gasteiger partial charge < -0.3 is 15.0 Å². The molecule has 0 spiro atoms. The van der Waals surface area contributed by atoms with E-state index in [-0.39, 0.29) is 36.5 Å². The maximum absolute atomic E-state index is 13.6. The number of rotatable bonds is 4. The molecule has 0 radical (unpaired) electrons. The predicted molar refractivity (Wildman–Crippen MR) is 117 cm³/mol. The van der Waals surface area contributed by atoms with Gasteiger partial charge in [-0.05, 0) is 74.7 Å². The Hall–Kier alpha value is -2.44. The SMILES string of the molecule is CC1CN(c2ccc(NC(=O)CN3CCc4ccc(F)cc4C3C)cc2)CC(C)O1. The summed E-state index contributed by atoms with van der Waals surface area (Å²) in [6.45, 7) is 9.02. The van der Waals surface area contributed by atoms with Crippen LogP contribution in [0.2, 0.25) is 0 Å². The molecule has 2 aliphatic rings. The third-order valence-corrected chi connectivity index (χ3v) is 6.06. The second-order valence-corrected chi connectivity index (χ2v) is 8.50. The molecule has 1 saturated heterocycles. The summed E-state index contributed by atoms with van der Waals surface area (Å²) in [4.78, 5) is 17.0. The van der Waals surface area contributed by atoms with Crippen LogP contribution in [0.3, 0.4) is 0 Å². The van der Waals surface area contributed by atoms with Crippen LogP contribution in [0.1, 0.15) is 37.9 Å². The molecule has 3 unspecified atom stereocenters. The first-order chi connectivity index (χ1) is 14.4. The minimum Gasteiger partial charge on any atom is -0.372 e. The topological polar surface area (TPSA) is 44.8 Å². The third kappa shape index (κ3) is 4.65. The second kappa shape index (κ2) is 8.74. The quantitative estimate of drug-likeness (QED) is 0.826. The molecule has 6 heteroatoms. The fourth-order valence-electron chi connectivity index (χ4n) is 4.58. The Bertz CT molecular complexity index is 892. The van der Waals surface area contributed by atoms with Gasteiger partial charge in [-0.25, -0.2) is 4.39 Å². The molecule has 0 aliphatic carbocycles. The predicted octanol–water partition coefficient (Wildman–Crippen LogP) is 4.00. The number of halogens is 1. The number of ether oxygens (including phenoxy) is 1. The molecule has 1 fully saturated rings. The summed E-state index contributed by atoms with van der Waals surface area (Å²) in [6, 6.07) is 13.0. The van der Waals surface area contributed by atoms with E-state index in [9.17, 15) is 9.18 Å². The van der Waals surface area contributed by atoms with Crippen LogP contribution >= 0.6 is 0 Å². The van der Waals surface area contributed by atoms with Crippen molar-refractivity contribution in [3.63, 3.8) is 0 Å². The Labute approximate surface area is 177 Å². The first kappa shape index (κ1) is 20.8. The first-order valence-electron chi connectivity index (χ1n) is 10.7. The Balaban J connectivity index is 1.35. The van der Waals surface area contributed by atoms with Crippen molar-refractivity contribution in [1.29, 1.82) is 0 Å². The number of anilines is 2. The zero-order valence-electron chi connectivity index (χ0n) is 17.9. The summed E-state index contributed by atoms with van der Waals surface area (Å²) in [5, 5.41) is 2.99. The fourth-order valence-corrected chi connectivity index (χ4v) is 4.58. The lowest BCUT2D eigenvalue weighted by Crippen LogP contribution is -2.45. The van der Waals surface area contributed by atoms with Gasteiger partial charge >= 0.3 is 0 Å². The number of fused-ring (bicyclic) bond motifs is 1. The number of carbonyl (C=O) groups excluding carboxylic acids is 1. The van der Waals surface area contributed by atoms with Crippen LogP contribution in [-0.4, -0.2) is 49.2 Å². The van der Waals surface area contributed by atoms with Crippen molar-refractivity contribution in [3.8, 4) is 0 Å². The summed E-state index contributed by atoms with van der Waals surface area (Å²) < 4.78 is 19.4. The molecule has 0 bridgehead atoms. The molecule has 30 heavy (non-hydrogen) atoms. The molecule has 0 aromatic heterocycles. The number of hydrogen-bond donors (Lipinski definition) is 1. The van der Waals surface area contributed by atoms with Crippen LogP contribution in [0.25, 0.3) is 0 Å². The van der Waals surface area contributed by atoms with Gasteiger partial charge in [0.25, 0.3) is 0 Å². The van der Waals surface area contributed by atoms with E-state index in [1.54, 1.807) is 6.07 Å². The van der Waals surface area contributed by atoms with Crippen molar-refractivity contribution in [2.24, 2.45) is 0 Å². The molecule has 2 aliphatic heterocycles. The molecule has 2 heterocycles. The molecular formula is C24H30FN3O2. The molecule has 5 nitrogen and oxygen atoms in total. The average molecular weight is 412 g/mol. The van der Waals surface area contributed by atoms with Gasteiger partial charge in [0, 0.05) is 37.1 Å². The zero-order chi connectivity index (χ0) is 21.3. The normalized spacial score (nSPS) is 24.4. The van der Waals surface area contributed by atoms with Gasteiger partial charge in [0.2, 0.25) is 5.91 Å². The maximum atomic E-state index is 13.6. The standard InChI is InChI=1S/C24H30FN3O2/c1-16-13-28(14-17(2)30-16)22-8-6-21(7-9-22)26-24(29)15-27-11-10-19-4-5-20(25)12-23(19)18(27)3/h4-9,12,16-18H,10-11,13-15H2,1-3H3,(H,26,29). The number of benzene rings is 2. The van der Waals surface area contributed by atoms with Gasteiger partial charge in [0.15, 0.2) is 0 Å². The molecule has 4 rings (SSSR count). The molecule has 2 aromatic carbocycles. The average Bonchev–Trinajstić information content (AvgIpc) is 2.70. The number of morpholine rings is 1. The number of carbonyl (C=O) groups is 1. The fraction of sp³-hybridized carbons (Fsp3) is 0.458. The van der Waals surface area contributed by atoms with Crippen LogP contribution < -0.4 is 10.2 Å². The largest absolute Gasteiger partial charge is 0.372 e. The lowest BCUT2D eigenvalue weighted by molar-refractivity contribution is -0.117. The van der Waals surface area contributed by atoms with Gasteiger partial charge in [-0.15, -0.1) is 0 Å². The molecule has 2 aromatic rings. The van der Waals surface area contributed by atoms with Gasteiger partial charge in [0.1, 0.15) is 5.82 Å². The van der Waals surface area contributed by atoms with E-state index < -0.39 is 0 Å². The summed E-state index contributed by atoms with van der Waals surface area (Å²) in [6.07, 6.45) is 1.25. The van der Waals surface area contributed by atoms with E-state index in [1.807, 2.05) is 37.3 Å². The molecule has 1 N–H and O–H groups in total.